The number of carbonyl (C=O) groups is 4. The Labute approximate surface area is 245 Å². The number of thiophene rings is 1. The van der Waals surface area contributed by atoms with E-state index in [0.29, 0.717) is 44.6 Å². The molecule has 1 saturated heterocycles. The highest BCUT2D eigenvalue weighted by Gasteiger charge is 2.67. The smallest absolute Gasteiger partial charge is 0.339 e. The number of para-hydroxylation sites is 1. The van der Waals surface area contributed by atoms with Gasteiger partial charge in [-0.1, -0.05) is 48.6 Å². The summed E-state index contributed by atoms with van der Waals surface area (Å²) in [5, 5.41) is 2.44. The zero-order valence-corrected chi connectivity index (χ0v) is 23.5. The lowest BCUT2D eigenvalue weighted by atomic mass is 9.63. The predicted octanol–water partition coefficient (Wildman–Crippen LogP) is 5.87. The van der Waals surface area contributed by atoms with Crippen molar-refractivity contribution in [1.82, 2.24) is 4.98 Å². The summed E-state index contributed by atoms with van der Waals surface area (Å²) in [4.78, 5) is 59.5. The van der Waals surface area contributed by atoms with Crippen molar-refractivity contribution in [2.45, 2.75) is 13.3 Å². The lowest BCUT2D eigenvalue weighted by Gasteiger charge is -2.37. The van der Waals surface area contributed by atoms with E-state index in [1.807, 2.05) is 37.3 Å². The van der Waals surface area contributed by atoms with Crippen LogP contribution in [-0.2, 0) is 14.3 Å². The van der Waals surface area contributed by atoms with E-state index >= 15 is 0 Å². The number of aromatic nitrogens is 1. The first-order chi connectivity index (χ1) is 20.4. The van der Waals surface area contributed by atoms with E-state index in [2.05, 4.69) is 12.2 Å². The van der Waals surface area contributed by atoms with E-state index in [4.69, 9.17) is 9.72 Å². The van der Waals surface area contributed by atoms with Crippen LogP contribution in [0, 0.1) is 42.4 Å². The number of hydrogen-bond acceptors (Lipinski definition) is 7. The van der Waals surface area contributed by atoms with Crippen LogP contribution in [0.25, 0.3) is 22.2 Å². The number of nitrogens with zero attached hydrogens (tertiary/aromatic N) is 2. The number of ether oxygens (including phenoxy) is 1. The highest BCUT2D eigenvalue weighted by molar-refractivity contribution is 7.12. The summed E-state index contributed by atoms with van der Waals surface area (Å²) in [5.74, 6) is -0.0852. The fraction of sp³-hybridized carbons (Fsp3) is 0.265. The average Bonchev–Trinajstić information content (AvgIpc) is 3.58. The molecule has 2 bridgehead atoms. The number of allylic oxidation sites excluding steroid dienone is 2. The zero-order valence-electron chi connectivity index (χ0n) is 22.7. The van der Waals surface area contributed by atoms with Gasteiger partial charge in [0.25, 0.3) is 0 Å². The number of fused-ring (bicyclic) bond motifs is 1. The second-order valence-corrected chi connectivity index (χ2v) is 12.7. The van der Waals surface area contributed by atoms with Gasteiger partial charge in [-0.3, -0.25) is 19.3 Å². The fourth-order valence-corrected chi connectivity index (χ4v) is 8.07. The van der Waals surface area contributed by atoms with Crippen LogP contribution in [0.5, 0.6) is 0 Å². The van der Waals surface area contributed by atoms with Gasteiger partial charge in [0.15, 0.2) is 6.61 Å². The number of hydrogen-bond donors (Lipinski definition) is 0. The monoisotopic (exact) mass is 574 g/mol. The third-order valence-electron chi connectivity index (χ3n) is 9.48. The lowest BCUT2D eigenvalue weighted by Crippen LogP contribution is -2.40. The van der Waals surface area contributed by atoms with Crippen LogP contribution in [0.4, 0.5) is 5.69 Å². The predicted molar refractivity (Wildman–Crippen MR) is 158 cm³/mol. The molecule has 8 heteroatoms. The number of anilines is 1. The molecular weight excluding hydrogens is 548 g/mol. The number of rotatable bonds is 6. The van der Waals surface area contributed by atoms with Gasteiger partial charge in [-0.15, -0.1) is 11.3 Å². The van der Waals surface area contributed by atoms with Gasteiger partial charge in [0.05, 0.1) is 39.2 Å². The van der Waals surface area contributed by atoms with Crippen molar-refractivity contribution in [3.8, 4) is 11.3 Å². The first-order valence-corrected chi connectivity index (χ1v) is 15.1. The second-order valence-electron chi connectivity index (χ2n) is 11.7. The molecule has 6 atom stereocenters. The molecular formula is C34H26N2O5S. The van der Waals surface area contributed by atoms with Crippen LogP contribution in [0.15, 0.2) is 78.2 Å². The number of carbonyl (C=O) groups excluding carboxylic acids is 4. The van der Waals surface area contributed by atoms with Gasteiger partial charge in [0.2, 0.25) is 17.6 Å². The summed E-state index contributed by atoms with van der Waals surface area (Å²) in [7, 11) is 0. The highest BCUT2D eigenvalue weighted by Crippen LogP contribution is 2.65. The number of pyridine rings is 1. The number of esters is 1. The van der Waals surface area contributed by atoms with Gasteiger partial charge in [-0.25, -0.2) is 9.78 Å². The molecule has 3 heterocycles. The van der Waals surface area contributed by atoms with Crippen LogP contribution in [0.3, 0.4) is 0 Å². The molecule has 3 fully saturated rings. The molecule has 42 heavy (non-hydrogen) atoms. The number of benzene rings is 2. The Morgan fingerprint density at radius 2 is 1.67 bits per heavy atom. The first-order valence-electron chi connectivity index (χ1n) is 14.2. The Hall–Kier alpha value is -4.43. The van der Waals surface area contributed by atoms with E-state index in [9.17, 15) is 19.2 Å². The Morgan fingerprint density at radius 1 is 0.952 bits per heavy atom. The van der Waals surface area contributed by atoms with Crippen LogP contribution in [0.2, 0.25) is 0 Å². The Kier molecular flexibility index (Phi) is 5.60. The summed E-state index contributed by atoms with van der Waals surface area (Å²) in [6.07, 6.45) is 5.47. The SMILES string of the molecule is Cc1cccc2c(C(=O)OCC(=O)c3cccs3)cc(-c3ccc(N4C(=O)C5C6C=CC(C7CC67)C5C4=O)cc3)nc12. The summed E-state index contributed by atoms with van der Waals surface area (Å²) in [6.45, 7) is 1.57. The summed E-state index contributed by atoms with van der Waals surface area (Å²) < 4.78 is 5.45. The van der Waals surface area contributed by atoms with Crippen molar-refractivity contribution < 1.29 is 23.9 Å². The van der Waals surface area contributed by atoms with E-state index in [-0.39, 0.29) is 47.9 Å². The number of Topliss-reactive ketones (excluding diaryl/α,β-unsaturated/α-hetero) is 1. The Bertz CT molecular complexity index is 1810. The largest absolute Gasteiger partial charge is 0.454 e. The minimum Gasteiger partial charge on any atom is -0.454 e. The lowest BCUT2D eigenvalue weighted by molar-refractivity contribution is -0.124. The number of aryl methyl sites for hydroxylation is 1. The molecule has 9 rings (SSSR count). The van der Waals surface area contributed by atoms with Crippen LogP contribution >= 0.6 is 11.3 Å². The van der Waals surface area contributed by atoms with Gasteiger partial charge in [-0.2, -0.15) is 0 Å². The molecule has 1 aliphatic heterocycles. The molecule has 0 radical (unpaired) electrons. The van der Waals surface area contributed by atoms with Crippen molar-refractivity contribution in [3.05, 3.63) is 94.2 Å². The van der Waals surface area contributed by atoms with Gasteiger partial charge < -0.3 is 4.74 Å². The minimum absolute atomic E-state index is 0.0935. The van der Waals surface area contributed by atoms with Crippen molar-refractivity contribution >= 4 is 51.5 Å². The van der Waals surface area contributed by atoms with Crippen molar-refractivity contribution in [1.29, 1.82) is 0 Å². The van der Waals surface area contributed by atoms with Crippen LogP contribution < -0.4 is 4.90 Å². The zero-order chi connectivity index (χ0) is 28.7. The normalized spacial score (nSPS) is 26.8. The molecule has 6 unspecified atom stereocenters. The maximum absolute atomic E-state index is 13.5. The standard InChI is InChI=1S/C34H26N2O5S/c1-17-4-2-5-22-25(34(40)41-16-27(37)28-6-3-13-42-28)15-26(35-31(17)22)18-7-9-19(10-8-18)36-32(38)29-20-11-12-21(24-14-23(20)24)30(29)33(36)39/h2-13,15,20-21,23-24,29-30H,14,16H2,1H3. The number of imide groups is 1. The molecule has 4 aromatic rings. The molecule has 2 aromatic heterocycles. The summed E-state index contributed by atoms with van der Waals surface area (Å²) >= 11 is 1.30. The van der Waals surface area contributed by atoms with Crippen LogP contribution in [-0.4, -0.2) is 35.2 Å². The van der Waals surface area contributed by atoms with E-state index in [0.717, 1.165) is 17.5 Å². The quantitative estimate of drug-likeness (QED) is 0.124. The molecule has 0 spiro atoms. The number of ketones is 1. The summed E-state index contributed by atoms with van der Waals surface area (Å²) in [5.41, 5.74) is 3.71. The molecule has 2 aromatic carbocycles. The molecule has 0 N–H and O–H groups in total. The topological polar surface area (TPSA) is 93.6 Å². The Morgan fingerprint density at radius 3 is 2.33 bits per heavy atom. The Balaban J connectivity index is 1.09. The molecule has 5 aliphatic rings. The second kappa shape index (κ2) is 9.29. The van der Waals surface area contributed by atoms with Crippen molar-refractivity contribution in [3.63, 3.8) is 0 Å². The van der Waals surface area contributed by atoms with Gasteiger partial charge in [0, 0.05) is 10.9 Å². The van der Waals surface area contributed by atoms with Gasteiger partial charge in [-0.05, 0) is 72.2 Å². The van der Waals surface area contributed by atoms with E-state index < -0.39 is 5.97 Å². The third-order valence-corrected chi connectivity index (χ3v) is 10.4. The third kappa shape index (κ3) is 3.74. The molecule has 4 aliphatic carbocycles. The summed E-state index contributed by atoms with van der Waals surface area (Å²) in [6, 6.07) is 18.0. The van der Waals surface area contributed by atoms with Gasteiger partial charge >= 0.3 is 5.97 Å². The van der Waals surface area contributed by atoms with Crippen molar-refractivity contribution in [2.24, 2.45) is 35.5 Å². The molecule has 208 valence electrons. The highest BCUT2D eigenvalue weighted by atomic mass is 32.1. The van der Waals surface area contributed by atoms with Crippen LogP contribution in [0.1, 0.15) is 32.0 Å². The maximum Gasteiger partial charge on any atom is 0.339 e. The first kappa shape index (κ1) is 25.3. The van der Waals surface area contributed by atoms with Gasteiger partial charge in [0.1, 0.15) is 0 Å². The van der Waals surface area contributed by atoms with Crippen molar-refractivity contribution in [2.75, 3.05) is 11.5 Å². The molecule has 7 nitrogen and oxygen atoms in total. The average molecular weight is 575 g/mol. The maximum atomic E-state index is 13.5. The molecule has 2 amide bonds. The number of amides is 2. The molecule has 2 saturated carbocycles. The van der Waals surface area contributed by atoms with E-state index in [1.54, 1.807) is 35.7 Å². The minimum atomic E-state index is -0.604. The van der Waals surface area contributed by atoms with E-state index in [1.165, 1.54) is 16.2 Å². The fourth-order valence-electron chi connectivity index (χ4n) is 7.42.